The number of H-pyrrole nitrogens is 1. The Bertz CT molecular complexity index is 470. The van der Waals surface area contributed by atoms with Gasteiger partial charge in [-0.15, -0.1) is 0 Å². The monoisotopic (exact) mass is 178 g/mol. The lowest BCUT2D eigenvalue weighted by molar-refractivity contribution is 0.908. The van der Waals surface area contributed by atoms with Crippen LogP contribution < -0.4 is 11.3 Å². The first-order chi connectivity index (χ1) is 6.33. The number of rotatable bonds is 2. The highest BCUT2D eigenvalue weighted by Crippen LogP contribution is 1.94. The van der Waals surface area contributed by atoms with E-state index < -0.39 is 0 Å². The molecule has 13 heavy (non-hydrogen) atoms. The van der Waals surface area contributed by atoms with Crippen molar-refractivity contribution in [1.82, 2.24) is 14.4 Å². The van der Waals surface area contributed by atoms with Crippen molar-refractivity contribution in [2.75, 3.05) is 6.54 Å². The summed E-state index contributed by atoms with van der Waals surface area (Å²) >= 11 is 0. The molecule has 3 N–H and O–H groups in total. The van der Waals surface area contributed by atoms with Gasteiger partial charge in [0.2, 0.25) is 5.78 Å². The van der Waals surface area contributed by atoms with Gasteiger partial charge in [-0.1, -0.05) is 0 Å². The Morgan fingerprint density at radius 2 is 2.46 bits per heavy atom. The maximum Gasteiger partial charge on any atom is 0.262 e. The summed E-state index contributed by atoms with van der Waals surface area (Å²) in [6.45, 7) is 0.466. The van der Waals surface area contributed by atoms with Crippen molar-refractivity contribution >= 4 is 5.78 Å². The van der Waals surface area contributed by atoms with Gasteiger partial charge < -0.3 is 10.7 Å². The number of aromatic amines is 1. The highest BCUT2D eigenvalue weighted by Gasteiger charge is 2.03. The standard InChI is InChI=1S/C8H10N4O/c9-2-1-6-5-11-8-10-3-4-12(8)7(6)13/h3-5H,1-2,9H2,(H,10,11). The average molecular weight is 178 g/mol. The molecule has 0 saturated heterocycles. The molecule has 0 saturated carbocycles. The van der Waals surface area contributed by atoms with Crippen molar-refractivity contribution in [2.24, 2.45) is 5.73 Å². The molecule has 0 aliphatic heterocycles. The first-order valence-electron chi connectivity index (χ1n) is 4.06. The first-order valence-corrected chi connectivity index (χ1v) is 4.06. The first kappa shape index (κ1) is 8.00. The Kier molecular flexibility index (Phi) is 1.86. The summed E-state index contributed by atoms with van der Waals surface area (Å²) in [6, 6.07) is 0. The van der Waals surface area contributed by atoms with E-state index in [1.807, 2.05) is 0 Å². The number of fused-ring (bicyclic) bond motifs is 1. The molecule has 5 heteroatoms. The number of nitrogens with two attached hydrogens (primary N) is 1. The van der Waals surface area contributed by atoms with Crippen LogP contribution in [0.4, 0.5) is 0 Å². The second-order valence-electron chi connectivity index (χ2n) is 2.78. The number of nitrogens with zero attached hydrogens (tertiary/aromatic N) is 2. The van der Waals surface area contributed by atoms with E-state index in [0.717, 1.165) is 0 Å². The lowest BCUT2D eigenvalue weighted by Crippen LogP contribution is -2.20. The van der Waals surface area contributed by atoms with Crippen molar-refractivity contribution in [2.45, 2.75) is 6.42 Å². The quantitative estimate of drug-likeness (QED) is 0.652. The topological polar surface area (TPSA) is 76.2 Å². The van der Waals surface area contributed by atoms with E-state index in [1.54, 1.807) is 18.6 Å². The van der Waals surface area contributed by atoms with Crippen LogP contribution in [0.5, 0.6) is 0 Å². The highest BCUT2D eigenvalue weighted by molar-refractivity contribution is 5.28. The second kappa shape index (κ2) is 3.02. The van der Waals surface area contributed by atoms with Crippen LogP contribution in [0.25, 0.3) is 5.78 Å². The number of nitrogens with one attached hydrogen (secondary N) is 1. The molecular formula is C8H10N4O. The Balaban J connectivity index is 2.67. The molecule has 68 valence electrons. The van der Waals surface area contributed by atoms with E-state index in [0.29, 0.717) is 24.3 Å². The van der Waals surface area contributed by atoms with Gasteiger partial charge in [-0.3, -0.25) is 9.20 Å². The van der Waals surface area contributed by atoms with E-state index in [-0.39, 0.29) is 5.56 Å². The Morgan fingerprint density at radius 1 is 1.62 bits per heavy atom. The number of imidazole rings is 1. The summed E-state index contributed by atoms with van der Waals surface area (Å²) < 4.78 is 1.48. The van der Waals surface area contributed by atoms with Gasteiger partial charge in [0.1, 0.15) is 0 Å². The maximum atomic E-state index is 11.6. The molecule has 0 aromatic carbocycles. The zero-order valence-electron chi connectivity index (χ0n) is 7.03. The van der Waals surface area contributed by atoms with Crippen LogP contribution in [0.3, 0.4) is 0 Å². The highest BCUT2D eigenvalue weighted by atomic mass is 16.1. The smallest absolute Gasteiger partial charge is 0.262 e. The molecule has 0 fully saturated rings. The lowest BCUT2D eigenvalue weighted by Gasteiger charge is -1.97. The summed E-state index contributed by atoms with van der Waals surface area (Å²) in [4.78, 5) is 18.5. The molecular weight excluding hydrogens is 168 g/mol. The fourth-order valence-electron chi connectivity index (χ4n) is 1.27. The fourth-order valence-corrected chi connectivity index (χ4v) is 1.27. The van der Waals surface area contributed by atoms with E-state index in [2.05, 4.69) is 9.97 Å². The summed E-state index contributed by atoms with van der Waals surface area (Å²) in [7, 11) is 0. The molecule has 0 radical (unpaired) electrons. The van der Waals surface area contributed by atoms with Gasteiger partial charge in [-0.25, -0.2) is 4.98 Å². The molecule has 0 bridgehead atoms. The van der Waals surface area contributed by atoms with Gasteiger partial charge in [0, 0.05) is 24.2 Å². The zero-order chi connectivity index (χ0) is 9.26. The third-order valence-electron chi connectivity index (χ3n) is 1.91. The van der Waals surface area contributed by atoms with Crippen molar-refractivity contribution < 1.29 is 0 Å². The lowest BCUT2D eigenvalue weighted by atomic mass is 10.2. The van der Waals surface area contributed by atoms with Crippen molar-refractivity contribution in [1.29, 1.82) is 0 Å². The predicted molar refractivity (Wildman–Crippen MR) is 48.6 cm³/mol. The van der Waals surface area contributed by atoms with Crippen molar-refractivity contribution in [3.05, 3.63) is 34.5 Å². The summed E-state index contributed by atoms with van der Waals surface area (Å²) in [5.74, 6) is 0.561. The van der Waals surface area contributed by atoms with Crippen LogP contribution in [-0.4, -0.2) is 20.9 Å². The molecule has 0 aliphatic carbocycles. The van der Waals surface area contributed by atoms with E-state index in [1.165, 1.54) is 4.40 Å². The Morgan fingerprint density at radius 3 is 3.23 bits per heavy atom. The van der Waals surface area contributed by atoms with E-state index in [4.69, 9.17) is 5.73 Å². The summed E-state index contributed by atoms with van der Waals surface area (Å²) in [6.07, 6.45) is 5.47. The average Bonchev–Trinajstić information content (AvgIpc) is 2.58. The third-order valence-corrected chi connectivity index (χ3v) is 1.91. The Hall–Kier alpha value is -1.62. The molecule has 5 nitrogen and oxygen atoms in total. The molecule has 2 aromatic rings. The minimum Gasteiger partial charge on any atom is -0.330 e. The second-order valence-corrected chi connectivity index (χ2v) is 2.78. The molecule has 2 heterocycles. The van der Waals surface area contributed by atoms with Gasteiger partial charge in [-0.2, -0.15) is 0 Å². The van der Waals surface area contributed by atoms with Crippen molar-refractivity contribution in [3.63, 3.8) is 0 Å². The van der Waals surface area contributed by atoms with Crippen LogP contribution in [-0.2, 0) is 6.42 Å². The predicted octanol–water partition coefficient (Wildman–Crippen LogP) is -0.476. The van der Waals surface area contributed by atoms with Crippen LogP contribution in [0.1, 0.15) is 5.56 Å². The number of hydrogen-bond donors (Lipinski definition) is 2. The Labute approximate surface area is 74.2 Å². The van der Waals surface area contributed by atoms with Crippen LogP contribution in [0, 0.1) is 0 Å². The van der Waals surface area contributed by atoms with Gasteiger partial charge in [0.15, 0.2) is 0 Å². The van der Waals surface area contributed by atoms with Crippen molar-refractivity contribution in [3.8, 4) is 0 Å². The maximum absolute atomic E-state index is 11.6. The molecule has 0 aliphatic rings. The van der Waals surface area contributed by atoms with E-state index >= 15 is 0 Å². The number of aromatic nitrogens is 3. The molecule has 0 amide bonds. The normalized spacial score (nSPS) is 10.8. The minimum absolute atomic E-state index is 0.0447. The molecule has 0 atom stereocenters. The van der Waals surface area contributed by atoms with Crippen LogP contribution in [0.2, 0.25) is 0 Å². The molecule has 2 aromatic heterocycles. The molecule has 0 spiro atoms. The summed E-state index contributed by atoms with van der Waals surface area (Å²) in [5.41, 5.74) is 5.97. The SMILES string of the molecule is NCCc1cnc2[nH]ccn2c1=O. The number of hydrogen-bond acceptors (Lipinski definition) is 3. The fraction of sp³-hybridized carbons (Fsp3) is 0.250. The molecule has 2 rings (SSSR count). The van der Waals surface area contributed by atoms with Gasteiger partial charge in [0.05, 0.1) is 0 Å². The van der Waals surface area contributed by atoms with Gasteiger partial charge in [0.25, 0.3) is 5.56 Å². The summed E-state index contributed by atoms with van der Waals surface area (Å²) in [5, 5.41) is 0. The van der Waals surface area contributed by atoms with Crippen LogP contribution >= 0.6 is 0 Å². The largest absolute Gasteiger partial charge is 0.330 e. The third kappa shape index (κ3) is 1.23. The van der Waals surface area contributed by atoms with Gasteiger partial charge in [-0.05, 0) is 13.0 Å². The van der Waals surface area contributed by atoms with Crippen LogP contribution in [0.15, 0.2) is 23.4 Å². The molecule has 0 unspecified atom stereocenters. The van der Waals surface area contributed by atoms with E-state index in [9.17, 15) is 4.79 Å². The van der Waals surface area contributed by atoms with Gasteiger partial charge >= 0.3 is 0 Å². The minimum atomic E-state index is -0.0447. The zero-order valence-corrected chi connectivity index (χ0v) is 7.03.